The molecule has 0 atom stereocenters. The Morgan fingerprint density at radius 1 is 1.38 bits per heavy atom. The van der Waals surface area contributed by atoms with Gasteiger partial charge < -0.3 is 0 Å². The lowest BCUT2D eigenvalue weighted by Crippen LogP contribution is -2.06. The molecular weight excluding hydrogens is 214 g/mol. The van der Waals surface area contributed by atoms with Crippen LogP contribution in [0, 0.1) is 6.92 Å². The largest absolute Gasteiger partial charge is 0.281 e. The number of halogens is 1. The first-order valence-electron chi connectivity index (χ1n) is 3.28. The van der Waals surface area contributed by atoms with E-state index in [0.29, 0.717) is 5.69 Å². The number of sulfone groups is 1. The number of aryl methyl sites for hydroxylation is 1. The lowest BCUT2D eigenvalue weighted by Gasteiger charge is -2.02. The number of hydrogen-bond donors (Lipinski definition) is 0. The van der Waals surface area contributed by atoms with Crippen LogP contribution in [-0.2, 0) is 9.84 Å². The molecule has 71 valence electrons. The highest BCUT2D eigenvalue weighted by Crippen LogP contribution is 2.21. The van der Waals surface area contributed by atoms with Gasteiger partial charge in [-0.05, 0) is 6.92 Å². The van der Waals surface area contributed by atoms with Crippen molar-refractivity contribution in [2.45, 2.75) is 12.1 Å². The van der Waals surface area contributed by atoms with Gasteiger partial charge >= 0.3 is 0 Å². The van der Waals surface area contributed by atoms with Crippen molar-refractivity contribution in [1.82, 2.24) is 15.7 Å². The van der Waals surface area contributed by atoms with Crippen LogP contribution in [0.4, 0.5) is 5.82 Å². The molecular formula is C6H7ClN3O2S. The maximum atomic E-state index is 11.0. The van der Waals surface area contributed by atoms with Crippen molar-refractivity contribution < 1.29 is 8.42 Å². The van der Waals surface area contributed by atoms with Gasteiger partial charge in [-0.2, -0.15) is 4.98 Å². The van der Waals surface area contributed by atoms with Crippen molar-refractivity contribution in [3.05, 3.63) is 10.7 Å². The van der Waals surface area contributed by atoms with Crippen LogP contribution in [0.3, 0.4) is 0 Å². The fourth-order valence-electron chi connectivity index (χ4n) is 0.699. The minimum Gasteiger partial charge on any atom is -0.281 e. The van der Waals surface area contributed by atoms with Crippen LogP contribution in [0.15, 0.2) is 5.16 Å². The normalized spacial score (nSPS) is 11.6. The van der Waals surface area contributed by atoms with Crippen LogP contribution in [0.25, 0.3) is 0 Å². The Labute approximate surface area is 80.9 Å². The second-order valence-corrected chi connectivity index (χ2v) is 4.81. The number of nitrogens with zero attached hydrogens (tertiary/aromatic N) is 2. The molecule has 0 amide bonds. The molecule has 0 saturated heterocycles. The highest BCUT2D eigenvalue weighted by atomic mass is 35.5. The highest BCUT2D eigenvalue weighted by Gasteiger charge is 2.15. The zero-order valence-corrected chi connectivity index (χ0v) is 8.57. The number of hydrogen-bond acceptors (Lipinski definition) is 4. The van der Waals surface area contributed by atoms with Gasteiger partial charge in [0.1, 0.15) is 5.02 Å². The van der Waals surface area contributed by atoms with E-state index >= 15 is 0 Å². The predicted molar refractivity (Wildman–Crippen MR) is 47.6 cm³/mol. The van der Waals surface area contributed by atoms with Crippen molar-refractivity contribution in [3.8, 4) is 0 Å². The molecule has 5 nitrogen and oxygen atoms in total. The summed E-state index contributed by atoms with van der Waals surface area (Å²) >= 11 is 5.59. The fourth-order valence-corrected chi connectivity index (χ4v) is 1.34. The summed E-state index contributed by atoms with van der Waals surface area (Å²) in [6.07, 6.45) is 0.981. The number of aromatic nitrogens is 2. The van der Waals surface area contributed by atoms with E-state index in [-0.39, 0.29) is 16.0 Å². The van der Waals surface area contributed by atoms with Gasteiger partial charge in [0.05, 0.1) is 5.69 Å². The van der Waals surface area contributed by atoms with E-state index in [2.05, 4.69) is 9.97 Å². The molecule has 0 bridgehead atoms. The minimum atomic E-state index is -3.47. The van der Waals surface area contributed by atoms with Crippen molar-refractivity contribution in [3.63, 3.8) is 0 Å². The molecule has 0 aliphatic rings. The van der Waals surface area contributed by atoms with Crippen molar-refractivity contribution >= 4 is 27.3 Å². The SMILES string of the molecule is Cc1nc(S(C)(=O)=O)nc([NH])c1Cl. The van der Waals surface area contributed by atoms with Gasteiger partial charge in [-0.25, -0.2) is 13.4 Å². The van der Waals surface area contributed by atoms with E-state index in [0.717, 1.165) is 6.26 Å². The lowest BCUT2D eigenvalue weighted by atomic mass is 10.4. The summed E-state index contributed by atoms with van der Waals surface area (Å²) in [5.74, 6) is -0.269. The first kappa shape index (κ1) is 10.2. The predicted octanol–water partition coefficient (Wildman–Crippen LogP) is 0.756. The van der Waals surface area contributed by atoms with Crippen LogP contribution in [0.5, 0.6) is 0 Å². The lowest BCUT2D eigenvalue weighted by molar-refractivity contribution is 0.592. The molecule has 1 aromatic rings. The average Bonchev–Trinajstić information content (AvgIpc) is 1.97. The third-order valence-electron chi connectivity index (χ3n) is 1.33. The third kappa shape index (κ3) is 2.07. The van der Waals surface area contributed by atoms with Gasteiger partial charge in [-0.1, -0.05) is 11.6 Å². The smallest absolute Gasteiger partial charge is 0.249 e. The van der Waals surface area contributed by atoms with Crippen molar-refractivity contribution in [1.29, 1.82) is 0 Å². The molecule has 1 rings (SSSR count). The summed E-state index contributed by atoms with van der Waals surface area (Å²) in [5, 5.41) is -0.285. The quantitative estimate of drug-likeness (QED) is 0.654. The summed E-state index contributed by atoms with van der Waals surface area (Å²) < 4.78 is 22.0. The zero-order valence-electron chi connectivity index (χ0n) is 7.00. The van der Waals surface area contributed by atoms with Gasteiger partial charge in [-0.3, -0.25) is 5.73 Å². The van der Waals surface area contributed by atoms with Gasteiger partial charge in [-0.15, -0.1) is 0 Å². The molecule has 0 saturated carbocycles. The van der Waals surface area contributed by atoms with E-state index in [1.807, 2.05) is 0 Å². The molecule has 0 spiro atoms. The first-order chi connectivity index (χ1) is 5.82. The van der Waals surface area contributed by atoms with Crippen molar-refractivity contribution in [2.75, 3.05) is 6.26 Å². The van der Waals surface area contributed by atoms with Gasteiger partial charge in [0.2, 0.25) is 15.0 Å². The van der Waals surface area contributed by atoms with E-state index in [4.69, 9.17) is 17.3 Å². The topological polar surface area (TPSA) is 83.7 Å². The van der Waals surface area contributed by atoms with Crippen LogP contribution < -0.4 is 5.73 Å². The minimum absolute atomic E-state index is 0.0763. The average molecular weight is 221 g/mol. The first-order valence-corrected chi connectivity index (χ1v) is 5.55. The molecule has 7 heteroatoms. The monoisotopic (exact) mass is 220 g/mol. The van der Waals surface area contributed by atoms with Gasteiger partial charge in [0.15, 0.2) is 5.82 Å². The standard InChI is InChI=1S/C6H7ClN3O2S/c1-3-4(7)5(8)10-6(9-3)13(2,11)12/h8H,1-2H3. The second kappa shape index (κ2) is 3.12. The summed E-state index contributed by atoms with van der Waals surface area (Å²) in [4.78, 5) is 7.09. The molecule has 0 aromatic carbocycles. The van der Waals surface area contributed by atoms with Crippen LogP contribution in [0.1, 0.15) is 5.69 Å². The summed E-state index contributed by atoms with van der Waals surface area (Å²) in [6, 6.07) is 0. The van der Waals surface area contributed by atoms with Crippen LogP contribution >= 0.6 is 11.6 Å². The third-order valence-corrected chi connectivity index (χ3v) is 2.63. The summed E-state index contributed by atoms with van der Waals surface area (Å²) in [5.41, 5.74) is 7.53. The Bertz CT molecular complexity index is 420. The van der Waals surface area contributed by atoms with E-state index in [1.54, 1.807) is 0 Å². The Morgan fingerprint density at radius 3 is 2.31 bits per heavy atom. The Hall–Kier alpha value is -0.880. The summed E-state index contributed by atoms with van der Waals surface area (Å²) in [7, 11) is -3.47. The molecule has 0 aliphatic carbocycles. The maximum absolute atomic E-state index is 11.0. The molecule has 1 radical (unpaired) electrons. The number of rotatable bonds is 1. The van der Waals surface area contributed by atoms with Crippen LogP contribution in [0.2, 0.25) is 5.02 Å². The Morgan fingerprint density at radius 2 is 1.92 bits per heavy atom. The summed E-state index contributed by atoms with van der Waals surface area (Å²) in [6.45, 7) is 1.52. The Balaban J connectivity index is 3.47. The molecule has 1 heterocycles. The molecule has 0 aliphatic heterocycles. The van der Waals surface area contributed by atoms with Gasteiger partial charge in [0.25, 0.3) is 0 Å². The van der Waals surface area contributed by atoms with Crippen molar-refractivity contribution in [2.24, 2.45) is 0 Å². The fraction of sp³-hybridized carbons (Fsp3) is 0.333. The Kier molecular flexibility index (Phi) is 2.44. The second-order valence-electron chi connectivity index (χ2n) is 2.53. The van der Waals surface area contributed by atoms with Gasteiger partial charge in [0, 0.05) is 6.26 Å². The van der Waals surface area contributed by atoms with E-state index < -0.39 is 9.84 Å². The molecule has 1 aromatic heterocycles. The molecule has 1 N–H and O–H groups in total. The molecule has 0 fully saturated rings. The number of nitrogens with one attached hydrogen (secondary N) is 1. The molecule has 0 unspecified atom stereocenters. The van der Waals surface area contributed by atoms with E-state index in [9.17, 15) is 8.42 Å². The van der Waals surface area contributed by atoms with Crippen LogP contribution in [-0.4, -0.2) is 24.6 Å². The highest BCUT2D eigenvalue weighted by molar-refractivity contribution is 7.90. The maximum Gasteiger partial charge on any atom is 0.249 e. The zero-order chi connectivity index (χ0) is 10.2. The molecule has 13 heavy (non-hydrogen) atoms. The van der Waals surface area contributed by atoms with E-state index in [1.165, 1.54) is 6.92 Å².